The minimum absolute atomic E-state index is 1.22. The van der Waals surface area contributed by atoms with Crippen LogP contribution in [0.15, 0.2) is 48.5 Å². The van der Waals surface area contributed by atoms with E-state index in [1.807, 2.05) is 0 Å². The molecule has 0 saturated heterocycles. The summed E-state index contributed by atoms with van der Waals surface area (Å²) in [5, 5.41) is 0. The Balaban J connectivity index is 1.36. The van der Waals surface area contributed by atoms with Crippen molar-refractivity contribution in [1.29, 1.82) is 0 Å². The molecule has 0 unspecified atom stereocenters. The Bertz CT molecular complexity index is 998. The molecule has 0 aliphatic heterocycles. The van der Waals surface area contributed by atoms with Gasteiger partial charge >= 0.3 is 0 Å². The second-order valence-electron chi connectivity index (χ2n) is 18.8. The number of nitrogens with zero attached hydrogens (tertiary/aromatic N) is 1. The summed E-state index contributed by atoms with van der Waals surface area (Å²) in [6.07, 6.45) is 60.2. The van der Waals surface area contributed by atoms with Gasteiger partial charge in [0.25, 0.3) is 0 Å². The number of rotatable bonds is 44. The zero-order chi connectivity index (χ0) is 41.2. The third kappa shape index (κ3) is 31.2. The normalized spacial score (nSPS) is 11.5. The summed E-state index contributed by atoms with van der Waals surface area (Å²) < 4.78 is 0. The summed E-state index contributed by atoms with van der Waals surface area (Å²) in [4.78, 5) is 2.34. The van der Waals surface area contributed by atoms with Crippen LogP contribution >= 0.6 is 0 Å². The zero-order valence-electron chi connectivity index (χ0n) is 39.8. The van der Waals surface area contributed by atoms with Crippen molar-refractivity contribution in [1.82, 2.24) is 0 Å². The minimum atomic E-state index is 1.22. The van der Waals surface area contributed by atoms with Crippen molar-refractivity contribution < 1.29 is 0 Å². The highest BCUT2D eigenvalue weighted by atomic mass is 15.1. The lowest BCUT2D eigenvalue weighted by molar-refractivity contribution is 0.522. The third-order valence-electron chi connectivity index (χ3n) is 13.3. The van der Waals surface area contributed by atoms with Crippen molar-refractivity contribution in [3.63, 3.8) is 0 Å². The molecule has 0 aliphatic carbocycles. The maximum Gasteiger partial charge on any atom is 0.0408 e. The Kier molecular flexibility index (Phi) is 36.7. The maximum absolute atomic E-state index is 2.36. The molecule has 0 fully saturated rings. The fourth-order valence-corrected chi connectivity index (χ4v) is 9.09. The van der Waals surface area contributed by atoms with Crippen molar-refractivity contribution in [2.75, 3.05) is 11.9 Å². The number of unbranched alkanes of at least 4 members (excludes halogenated alkanes) is 38. The van der Waals surface area contributed by atoms with Gasteiger partial charge in [0.15, 0.2) is 0 Å². The highest BCUT2D eigenvalue weighted by Crippen LogP contribution is 2.26. The molecular weight excluding hydrogens is 699 g/mol. The molecule has 0 aliphatic rings. The quantitative estimate of drug-likeness (QED) is 0.0604. The van der Waals surface area contributed by atoms with Crippen LogP contribution in [-0.4, -0.2) is 7.05 Å². The molecule has 334 valence electrons. The Hall–Kier alpha value is -1.76. The van der Waals surface area contributed by atoms with Gasteiger partial charge in [-0.3, -0.25) is 0 Å². The fourth-order valence-electron chi connectivity index (χ4n) is 9.09. The van der Waals surface area contributed by atoms with Gasteiger partial charge in [0, 0.05) is 18.4 Å². The standard InChI is InChI=1S/C57H101N/c1-4-6-8-10-12-14-16-18-20-22-24-26-28-30-32-34-36-38-40-42-44-54-46-50-56(51-47-54)58(3)57-52-48-55(49-53-57)45-43-41-39-37-35-33-31-29-27-25-23-21-19-17-15-13-11-9-7-5-2/h46-53H,4-45H2,1-3H3. The Labute approximate surface area is 365 Å². The number of anilines is 2. The fraction of sp³-hybridized carbons (Fsp3) is 0.789. The molecule has 0 radical (unpaired) electrons. The summed E-state index contributed by atoms with van der Waals surface area (Å²) >= 11 is 0. The van der Waals surface area contributed by atoms with Crippen LogP contribution in [0.4, 0.5) is 11.4 Å². The van der Waals surface area contributed by atoms with Crippen molar-refractivity contribution >= 4 is 11.4 Å². The van der Waals surface area contributed by atoms with E-state index in [0.29, 0.717) is 0 Å². The Morgan fingerprint density at radius 3 is 0.603 bits per heavy atom. The molecule has 0 atom stereocenters. The average Bonchev–Trinajstić information content (AvgIpc) is 3.25. The van der Waals surface area contributed by atoms with E-state index >= 15 is 0 Å². The first kappa shape index (κ1) is 52.4. The second-order valence-corrected chi connectivity index (χ2v) is 18.8. The monoisotopic (exact) mass is 800 g/mol. The zero-order valence-corrected chi connectivity index (χ0v) is 39.8. The van der Waals surface area contributed by atoms with Gasteiger partial charge in [-0.15, -0.1) is 0 Å². The lowest BCUT2D eigenvalue weighted by Crippen LogP contribution is -2.09. The van der Waals surface area contributed by atoms with Crippen molar-refractivity contribution in [2.24, 2.45) is 0 Å². The van der Waals surface area contributed by atoms with Crippen LogP contribution in [0.25, 0.3) is 0 Å². The molecule has 2 rings (SSSR count). The molecular formula is C57H101N. The smallest absolute Gasteiger partial charge is 0.0408 e. The van der Waals surface area contributed by atoms with E-state index in [9.17, 15) is 0 Å². The highest BCUT2D eigenvalue weighted by molar-refractivity contribution is 5.62. The maximum atomic E-state index is 2.36. The van der Waals surface area contributed by atoms with Crippen LogP contribution in [0, 0.1) is 0 Å². The predicted octanol–water partition coefficient (Wildman–Crippen LogP) is 20.2. The van der Waals surface area contributed by atoms with Gasteiger partial charge in [-0.1, -0.05) is 282 Å². The molecule has 0 saturated carbocycles. The van der Waals surface area contributed by atoms with Crippen LogP contribution in [0.1, 0.15) is 282 Å². The summed E-state index contributed by atoms with van der Waals surface area (Å²) in [7, 11) is 2.21. The molecule has 1 heteroatoms. The van der Waals surface area contributed by atoms with E-state index in [1.165, 1.54) is 292 Å². The summed E-state index contributed by atoms with van der Waals surface area (Å²) in [5.74, 6) is 0. The first-order valence-corrected chi connectivity index (χ1v) is 26.7. The average molecular weight is 800 g/mol. The lowest BCUT2D eigenvalue weighted by Gasteiger charge is -2.20. The van der Waals surface area contributed by atoms with E-state index in [1.54, 1.807) is 0 Å². The molecule has 0 N–H and O–H groups in total. The summed E-state index contributed by atoms with van der Waals surface area (Å²) in [6.45, 7) is 4.62. The van der Waals surface area contributed by atoms with Crippen LogP contribution in [0.2, 0.25) is 0 Å². The predicted molar refractivity (Wildman–Crippen MR) is 264 cm³/mol. The topological polar surface area (TPSA) is 3.24 Å². The lowest BCUT2D eigenvalue weighted by atomic mass is 10.0. The molecule has 1 nitrogen and oxygen atoms in total. The third-order valence-corrected chi connectivity index (χ3v) is 13.3. The molecule has 2 aromatic rings. The molecule has 0 heterocycles. The molecule has 0 amide bonds. The summed E-state index contributed by atoms with van der Waals surface area (Å²) in [5.41, 5.74) is 5.55. The number of benzene rings is 2. The minimum Gasteiger partial charge on any atom is -0.345 e. The SMILES string of the molecule is CCCCCCCCCCCCCCCCCCCCCCc1ccc(N(C)c2ccc(CCCCCCCCCCCCCCCCCCCCCC)cc2)cc1. The second kappa shape index (κ2) is 40.6. The number of hydrogen-bond acceptors (Lipinski definition) is 1. The molecule has 2 aromatic carbocycles. The van der Waals surface area contributed by atoms with Crippen LogP contribution in [0.3, 0.4) is 0 Å². The van der Waals surface area contributed by atoms with Crippen molar-refractivity contribution in [2.45, 2.75) is 284 Å². The Morgan fingerprint density at radius 1 is 0.241 bits per heavy atom. The molecule has 0 spiro atoms. The van der Waals surface area contributed by atoms with Gasteiger partial charge in [-0.25, -0.2) is 0 Å². The van der Waals surface area contributed by atoms with Gasteiger partial charge in [-0.05, 0) is 61.1 Å². The highest BCUT2D eigenvalue weighted by Gasteiger charge is 2.05. The molecule has 0 bridgehead atoms. The van der Waals surface area contributed by atoms with E-state index in [-0.39, 0.29) is 0 Å². The van der Waals surface area contributed by atoms with Crippen LogP contribution in [0.5, 0.6) is 0 Å². The van der Waals surface area contributed by atoms with Gasteiger partial charge in [0.1, 0.15) is 0 Å². The van der Waals surface area contributed by atoms with Crippen molar-refractivity contribution in [3.8, 4) is 0 Å². The molecule has 58 heavy (non-hydrogen) atoms. The van der Waals surface area contributed by atoms with Gasteiger partial charge in [0.2, 0.25) is 0 Å². The number of aryl methyl sites for hydroxylation is 2. The first-order chi connectivity index (χ1) is 28.7. The van der Waals surface area contributed by atoms with Crippen molar-refractivity contribution in [3.05, 3.63) is 59.7 Å². The van der Waals surface area contributed by atoms with Crippen LogP contribution in [-0.2, 0) is 12.8 Å². The molecule has 0 aromatic heterocycles. The first-order valence-electron chi connectivity index (χ1n) is 26.7. The van der Waals surface area contributed by atoms with E-state index in [4.69, 9.17) is 0 Å². The van der Waals surface area contributed by atoms with E-state index in [2.05, 4.69) is 74.3 Å². The Morgan fingerprint density at radius 2 is 0.414 bits per heavy atom. The van der Waals surface area contributed by atoms with Gasteiger partial charge in [-0.2, -0.15) is 0 Å². The van der Waals surface area contributed by atoms with Crippen LogP contribution < -0.4 is 4.90 Å². The van der Waals surface area contributed by atoms with E-state index in [0.717, 1.165) is 0 Å². The van der Waals surface area contributed by atoms with Gasteiger partial charge in [0.05, 0.1) is 0 Å². The number of hydrogen-bond donors (Lipinski definition) is 0. The largest absolute Gasteiger partial charge is 0.345 e. The van der Waals surface area contributed by atoms with E-state index < -0.39 is 0 Å². The summed E-state index contributed by atoms with van der Waals surface area (Å²) in [6, 6.07) is 18.7. The van der Waals surface area contributed by atoms with Gasteiger partial charge < -0.3 is 4.90 Å².